The smallest absolute Gasteiger partial charge is 0.304 e. The van der Waals surface area contributed by atoms with Gasteiger partial charge in [0.1, 0.15) is 0 Å². The van der Waals surface area contributed by atoms with Crippen LogP contribution in [0, 0.1) is 0 Å². The van der Waals surface area contributed by atoms with Crippen molar-refractivity contribution in [3.8, 4) is 0 Å². The van der Waals surface area contributed by atoms with E-state index >= 15 is 0 Å². The first-order valence-electron chi connectivity index (χ1n) is 4.33. The Kier molecular flexibility index (Phi) is 6.91. The molecule has 0 saturated carbocycles. The van der Waals surface area contributed by atoms with E-state index in [9.17, 15) is 9.59 Å². The lowest BCUT2D eigenvalue weighted by Gasteiger charge is -2.01. The van der Waals surface area contributed by atoms with Gasteiger partial charge in [-0.05, 0) is 19.4 Å². The number of nitrogens with two attached hydrogens (primary N) is 1. The van der Waals surface area contributed by atoms with Crippen molar-refractivity contribution in [1.82, 2.24) is 5.32 Å². The number of carbonyl (C=O) groups is 2. The fraction of sp³-hybridized carbons (Fsp3) is 0.750. The van der Waals surface area contributed by atoms with E-state index in [4.69, 9.17) is 10.8 Å². The summed E-state index contributed by atoms with van der Waals surface area (Å²) >= 11 is 0. The van der Waals surface area contributed by atoms with Crippen LogP contribution in [0.15, 0.2) is 0 Å². The van der Waals surface area contributed by atoms with E-state index in [0.717, 1.165) is 19.4 Å². The maximum atomic E-state index is 10.3. The van der Waals surface area contributed by atoms with Crippen LogP contribution in [0.5, 0.6) is 0 Å². The van der Waals surface area contributed by atoms with Crippen LogP contribution in [-0.4, -0.2) is 30.1 Å². The molecule has 0 heterocycles. The molecule has 0 radical (unpaired) electrons. The SMILES string of the molecule is NC(=O)CCCCNCCC(=O)O. The monoisotopic (exact) mass is 188 g/mol. The van der Waals surface area contributed by atoms with Gasteiger partial charge in [0, 0.05) is 13.0 Å². The second-order valence-electron chi connectivity index (χ2n) is 2.82. The minimum absolute atomic E-state index is 0.135. The number of carboxylic acid groups (broad SMARTS) is 1. The van der Waals surface area contributed by atoms with Crippen molar-refractivity contribution in [2.24, 2.45) is 5.73 Å². The normalized spacial score (nSPS) is 9.85. The maximum absolute atomic E-state index is 10.3. The van der Waals surface area contributed by atoms with Crippen LogP contribution in [0.1, 0.15) is 25.7 Å². The van der Waals surface area contributed by atoms with E-state index in [1.54, 1.807) is 0 Å². The van der Waals surface area contributed by atoms with Crippen LogP contribution in [-0.2, 0) is 9.59 Å². The molecule has 0 atom stereocenters. The molecule has 0 aliphatic rings. The molecule has 0 spiro atoms. The molecule has 0 rings (SSSR count). The number of hydrogen-bond donors (Lipinski definition) is 3. The van der Waals surface area contributed by atoms with Crippen LogP contribution in [0.4, 0.5) is 0 Å². The third-order valence-electron chi connectivity index (χ3n) is 1.54. The molecular weight excluding hydrogens is 172 g/mol. The number of hydrogen-bond acceptors (Lipinski definition) is 3. The van der Waals surface area contributed by atoms with Crippen LogP contribution in [0.2, 0.25) is 0 Å². The van der Waals surface area contributed by atoms with Gasteiger partial charge in [-0.15, -0.1) is 0 Å². The molecule has 1 amide bonds. The standard InChI is InChI=1S/C8H16N2O3/c9-7(11)3-1-2-5-10-6-4-8(12)13/h10H,1-6H2,(H2,9,11)(H,12,13). The van der Waals surface area contributed by atoms with E-state index in [-0.39, 0.29) is 12.3 Å². The van der Waals surface area contributed by atoms with E-state index in [0.29, 0.717) is 13.0 Å². The number of nitrogens with one attached hydrogen (secondary N) is 1. The first kappa shape index (κ1) is 11.9. The van der Waals surface area contributed by atoms with E-state index in [1.165, 1.54) is 0 Å². The molecule has 4 N–H and O–H groups in total. The highest BCUT2D eigenvalue weighted by atomic mass is 16.4. The summed E-state index contributed by atoms with van der Waals surface area (Å²) in [7, 11) is 0. The summed E-state index contributed by atoms with van der Waals surface area (Å²) < 4.78 is 0. The average molecular weight is 188 g/mol. The largest absolute Gasteiger partial charge is 0.481 e. The van der Waals surface area contributed by atoms with Gasteiger partial charge < -0.3 is 16.2 Å². The molecule has 0 aromatic carbocycles. The Balaban J connectivity index is 3.00. The molecule has 0 aromatic rings. The highest BCUT2D eigenvalue weighted by Gasteiger charge is 1.96. The zero-order valence-corrected chi connectivity index (χ0v) is 7.58. The topological polar surface area (TPSA) is 92.4 Å². The number of carboxylic acids is 1. The van der Waals surface area contributed by atoms with Crippen molar-refractivity contribution >= 4 is 11.9 Å². The Bertz CT molecular complexity index is 153. The van der Waals surface area contributed by atoms with Gasteiger partial charge >= 0.3 is 5.97 Å². The van der Waals surface area contributed by atoms with Crippen molar-refractivity contribution in [3.63, 3.8) is 0 Å². The fourth-order valence-electron chi connectivity index (χ4n) is 0.870. The number of aliphatic carboxylic acids is 1. The van der Waals surface area contributed by atoms with Crippen molar-refractivity contribution in [2.45, 2.75) is 25.7 Å². The Labute approximate surface area is 77.3 Å². The van der Waals surface area contributed by atoms with Gasteiger partial charge in [-0.2, -0.15) is 0 Å². The highest BCUT2D eigenvalue weighted by molar-refractivity contribution is 5.73. The molecular formula is C8H16N2O3. The Morgan fingerprint density at radius 1 is 1.15 bits per heavy atom. The zero-order valence-electron chi connectivity index (χ0n) is 7.58. The minimum Gasteiger partial charge on any atom is -0.481 e. The van der Waals surface area contributed by atoms with Gasteiger partial charge in [0.25, 0.3) is 0 Å². The zero-order chi connectivity index (χ0) is 10.1. The van der Waals surface area contributed by atoms with Gasteiger partial charge in [-0.1, -0.05) is 0 Å². The first-order valence-corrected chi connectivity index (χ1v) is 4.33. The predicted octanol–water partition coefficient (Wildman–Crippen LogP) is -0.294. The molecule has 0 fully saturated rings. The summed E-state index contributed by atoms with van der Waals surface area (Å²) in [5.41, 5.74) is 4.94. The van der Waals surface area contributed by atoms with E-state index in [1.807, 2.05) is 0 Å². The quantitative estimate of drug-likeness (QED) is 0.456. The molecule has 13 heavy (non-hydrogen) atoms. The summed E-state index contributed by atoms with van der Waals surface area (Å²) in [4.78, 5) is 20.4. The van der Waals surface area contributed by atoms with Crippen molar-refractivity contribution in [3.05, 3.63) is 0 Å². The predicted molar refractivity (Wildman–Crippen MR) is 48.2 cm³/mol. The van der Waals surface area contributed by atoms with Gasteiger partial charge in [0.15, 0.2) is 0 Å². The Hall–Kier alpha value is -1.10. The molecule has 0 unspecified atom stereocenters. The lowest BCUT2D eigenvalue weighted by molar-refractivity contribution is -0.136. The van der Waals surface area contributed by atoms with Crippen LogP contribution in [0.3, 0.4) is 0 Å². The number of unbranched alkanes of at least 4 members (excludes halogenated alkanes) is 1. The first-order chi connectivity index (χ1) is 6.13. The second-order valence-corrected chi connectivity index (χ2v) is 2.82. The summed E-state index contributed by atoms with van der Waals surface area (Å²) in [6.45, 7) is 1.21. The van der Waals surface area contributed by atoms with Gasteiger partial charge in [0.05, 0.1) is 6.42 Å². The minimum atomic E-state index is -0.801. The number of carbonyl (C=O) groups excluding carboxylic acids is 1. The molecule has 76 valence electrons. The highest BCUT2D eigenvalue weighted by Crippen LogP contribution is 1.92. The van der Waals surface area contributed by atoms with Crippen LogP contribution >= 0.6 is 0 Å². The van der Waals surface area contributed by atoms with E-state index < -0.39 is 5.97 Å². The lowest BCUT2D eigenvalue weighted by Crippen LogP contribution is -2.19. The van der Waals surface area contributed by atoms with Gasteiger partial charge in [-0.25, -0.2) is 0 Å². The van der Waals surface area contributed by atoms with Gasteiger partial charge in [-0.3, -0.25) is 9.59 Å². The van der Waals surface area contributed by atoms with Crippen molar-refractivity contribution in [1.29, 1.82) is 0 Å². The molecule has 0 bridgehead atoms. The van der Waals surface area contributed by atoms with Gasteiger partial charge in [0.2, 0.25) is 5.91 Å². The maximum Gasteiger partial charge on any atom is 0.304 e. The lowest BCUT2D eigenvalue weighted by atomic mass is 10.2. The Morgan fingerprint density at radius 3 is 2.38 bits per heavy atom. The molecule has 0 saturated heterocycles. The number of rotatable bonds is 8. The third-order valence-corrected chi connectivity index (χ3v) is 1.54. The molecule has 0 aliphatic carbocycles. The molecule has 0 aromatic heterocycles. The van der Waals surface area contributed by atoms with Crippen molar-refractivity contribution < 1.29 is 14.7 Å². The number of amides is 1. The number of primary amides is 1. The summed E-state index contributed by atoms with van der Waals surface area (Å²) in [5, 5.41) is 11.2. The van der Waals surface area contributed by atoms with E-state index in [2.05, 4.69) is 5.32 Å². The third kappa shape index (κ3) is 10.9. The summed E-state index contributed by atoms with van der Waals surface area (Å²) in [6.07, 6.45) is 2.15. The van der Waals surface area contributed by atoms with Crippen molar-refractivity contribution in [2.75, 3.05) is 13.1 Å². The Morgan fingerprint density at radius 2 is 1.85 bits per heavy atom. The molecule has 5 heteroatoms. The van der Waals surface area contributed by atoms with Crippen LogP contribution < -0.4 is 11.1 Å². The molecule has 0 aliphatic heterocycles. The summed E-state index contributed by atoms with van der Waals surface area (Å²) in [6, 6.07) is 0. The van der Waals surface area contributed by atoms with Crippen LogP contribution in [0.25, 0.3) is 0 Å². The molecule has 5 nitrogen and oxygen atoms in total. The second kappa shape index (κ2) is 7.54. The fourth-order valence-corrected chi connectivity index (χ4v) is 0.870. The average Bonchev–Trinajstić information content (AvgIpc) is 2.01. The summed E-state index contributed by atoms with van der Waals surface area (Å²) in [5.74, 6) is -1.09.